The predicted molar refractivity (Wildman–Crippen MR) is 76.2 cm³/mol. The van der Waals surface area contributed by atoms with E-state index in [1.807, 2.05) is 0 Å². The van der Waals surface area contributed by atoms with Gasteiger partial charge in [0.05, 0.1) is 0 Å². The largest absolute Gasteiger partial charge is 0.353 e. The van der Waals surface area contributed by atoms with Gasteiger partial charge in [0.15, 0.2) is 0 Å². The number of hydrogen-bond acceptors (Lipinski definition) is 2. The van der Waals surface area contributed by atoms with Crippen LogP contribution >= 0.6 is 0 Å². The van der Waals surface area contributed by atoms with Gasteiger partial charge in [-0.25, -0.2) is 0 Å². The summed E-state index contributed by atoms with van der Waals surface area (Å²) in [6.07, 6.45) is 7.40. The number of nitrogens with two attached hydrogens (primary N) is 1. The molecule has 0 aromatic carbocycles. The van der Waals surface area contributed by atoms with Crippen molar-refractivity contribution in [3.63, 3.8) is 0 Å². The van der Waals surface area contributed by atoms with Crippen LogP contribution in [0.5, 0.6) is 0 Å². The fourth-order valence-corrected chi connectivity index (χ4v) is 2.98. The number of hydrogen-bond donors (Lipinski definition) is 2. The third-order valence-electron chi connectivity index (χ3n) is 4.52. The Hall–Kier alpha value is -0.570. The maximum Gasteiger partial charge on any atom is 0.220 e. The van der Waals surface area contributed by atoms with Crippen LogP contribution in [-0.4, -0.2) is 18.5 Å². The van der Waals surface area contributed by atoms with Crippen molar-refractivity contribution in [2.45, 2.75) is 71.8 Å². The van der Waals surface area contributed by atoms with E-state index in [1.165, 1.54) is 12.8 Å². The van der Waals surface area contributed by atoms with E-state index < -0.39 is 0 Å². The lowest BCUT2D eigenvalue weighted by molar-refractivity contribution is -0.122. The lowest BCUT2D eigenvalue weighted by Crippen LogP contribution is -2.41. The van der Waals surface area contributed by atoms with Gasteiger partial charge in [-0.05, 0) is 43.6 Å². The molecule has 0 aromatic heterocycles. The van der Waals surface area contributed by atoms with Crippen LogP contribution in [0.1, 0.15) is 65.7 Å². The molecule has 0 spiro atoms. The van der Waals surface area contributed by atoms with Crippen LogP contribution in [0.2, 0.25) is 0 Å². The summed E-state index contributed by atoms with van der Waals surface area (Å²) < 4.78 is 0. The van der Waals surface area contributed by atoms with E-state index in [-0.39, 0.29) is 11.3 Å². The van der Waals surface area contributed by atoms with E-state index in [0.717, 1.165) is 32.2 Å². The summed E-state index contributed by atoms with van der Waals surface area (Å²) in [6, 6.07) is 0.375. The zero-order valence-corrected chi connectivity index (χ0v) is 12.3. The lowest BCUT2D eigenvalue weighted by atomic mass is 9.87. The Kier molecular flexibility index (Phi) is 6.13. The molecule has 0 heterocycles. The van der Waals surface area contributed by atoms with Gasteiger partial charge in [0, 0.05) is 12.5 Å². The second-order valence-electron chi connectivity index (χ2n) is 6.39. The first kappa shape index (κ1) is 15.5. The summed E-state index contributed by atoms with van der Waals surface area (Å²) in [5, 5.41) is 3.22. The summed E-state index contributed by atoms with van der Waals surface area (Å²) in [5.74, 6) is 0.836. The Labute approximate surface area is 112 Å². The molecule has 0 aromatic rings. The van der Waals surface area contributed by atoms with Gasteiger partial charge in [-0.1, -0.05) is 33.6 Å². The van der Waals surface area contributed by atoms with Gasteiger partial charge in [0.1, 0.15) is 0 Å². The van der Waals surface area contributed by atoms with Crippen molar-refractivity contribution in [2.24, 2.45) is 17.1 Å². The molecule has 0 aliphatic heterocycles. The highest BCUT2D eigenvalue weighted by atomic mass is 16.1. The van der Waals surface area contributed by atoms with Gasteiger partial charge in [-0.3, -0.25) is 4.79 Å². The molecule has 3 N–H and O–H groups in total. The highest BCUT2D eigenvalue weighted by Crippen LogP contribution is 2.37. The smallest absolute Gasteiger partial charge is 0.220 e. The molecule has 3 heteroatoms. The number of carbonyl (C=O) groups is 1. The molecule has 0 radical (unpaired) electrons. The third kappa shape index (κ3) is 4.60. The van der Waals surface area contributed by atoms with Crippen molar-refractivity contribution >= 4 is 5.91 Å². The number of rotatable bonds is 7. The van der Waals surface area contributed by atoms with Crippen molar-refractivity contribution in [1.82, 2.24) is 5.32 Å². The van der Waals surface area contributed by atoms with Gasteiger partial charge < -0.3 is 11.1 Å². The minimum absolute atomic E-state index is 0.227. The molecule has 1 amide bonds. The van der Waals surface area contributed by atoms with Crippen molar-refractivity contribution in [1.29, 1.82) is 0 Å². The Morgan fingerprint density at radius 3 is 2.67 bits per heavy atom. The molecule has 2 atom stereocenters. The molecule has 2 unspecified atom stereocenters. The first-order valence-electron chi connectivity index (χ1n) is 7.49. The maximum absolute atomic E-state index is 12.0. The Morgan fingerprint density at radius 2 is 2.17 bits per heavy atom. The first-order valence-corrected chi connectivity index (χ1v) is 7.49. The molecule has 0 bridgehead atoms. The number of nitrogens with one attached hydrogen (secondary N) is 1. The third-order valence-corrected chi connectivity index (χ3v) is 4.52. The summed E-state index contributed by atoms with van der Waals surface area (Å²) in [5.41, 5.74) is 5.85. The van der Waals surface area contributed by atoms with E-state index in [9.17, 15) is 4.79 Å². The Balaban J connectivity index is 2.29. The van der Waals surface area contributed by atoms with E-state index in [1.54, 1.807) is 0 Å². The normalized spacial score (nSPS) is 23.9. The van der Waals surface area contributed by atoms with E-state index >= 15 is 0 Å². The molecule has 1 aliphatic carbocycles. The fourth-order valence-electron chi connectivity index (χ4n) is 2.98. The van der Waals surface area contributed by atoms with Gasteiger partial charge in [0.25, 0.3) is 0 Å². The van der Waals surface area contributed by atoms with Crippen molar-refractivity contribution in [3.8, 4) is 0 Å². The quantitative estimate of drug-likeness (QED) is 0.734. The van der Waals surface area contributed by atoms with Crippen molar-refractivity contribution < 1.29 is 4.79 Å². The van der Waals surface area contributed by atoms with Crippen LogP contribution in [0.15, 0.2) is 0 Å². The Morgan fingerprint density at radius 1 is 1.44 bits per heavy atom. The van der Waals surface area contributed by atoms with Gasteiger partial charge in [0.2, 0.25) is 5.91 Å². The standard InChI is InChI=1S/C15H30N2O/c1-4-12(9-11-16)7-8-14(18)17-13-6-5-10-15(13,2)3/h12-13H,4-11,16H2,1-3H3,(H,17,18). The minimum atomic E-state index is 0.227. The van der Waals surface area contributed by atoms with Crippen LogP contribution < -0.4 is 11.1 Å². The average molecular weight is 254 g/mol. The second kappa shape index (κ2) is 7.13. The Bertz CT molecular complexity index is 263. The second-order valence-corrected chi connectivity index (χ2v) is 6.39. The molecule has 0 saturated heterocycles. The molecule has 1 aliphatic rings. The molecular weight excluding hydrogens is 224 g/mol. The van der Waals surface area contributed by atoms with Gasteiger partial charge in [-0.15, -0.1) is 0 Å². The van der Waals surface area contributed by atoms with Gasteiger partial charge in [-0.2, -0.15) is 0 Å². The van der Waals surface area contributed by atoms with Crippen LogP contribution in [0, 0.1) is 11.3 Å². The maximum atomic E-state index is 12.0. The van der Waals surface area contributed by atoms with Crippen molar-refractivity contribution in [3.05, 3.63) is 0 Å². The van der Waals surface area contributed by atoms with Gasteiger partial charge >= 0.3 is 0 Å². The average Bonchev–Trinajstić information content (AvgIpc) is 2.64. The number of amides is 1. The van der Waals surface area contributed by atoms with E-state index in [0.29, 0.717) is 18.4 Å². The highest BCUT2D eigenvalue weighted by Gasteiger charge is 2.35. The summed E-state index contributed by atoms with van der Waals surface area (Å²) in [6.45, 7) is 7.43. The molecule has 1 fully saturated rings. The minimum Gasteiger partial charge on any atom is -0.353 e. The summed E-state index contributed by atoms with van der Waals surface area (Å²) >= 11 is 0. The summed E-state index contributed by atoms with van der Waals surface area (Å²) in [4.78, 5) is 12.0. The fraction of sp³-hybridized carbons (Fsp3) is 0.933. The molecule has 1 rings (SSSR count). The molecule has 106 valence electrons. The zero-order valence-electron chi connectivity index (χ0n) is 12.3. The topological polar surface area (TPSA) is 55.1 Å². The summed E-state index contributed by atoms with van der Waals surface area (Å²) in [7, 11) is 0. The van der Waals surface area contributed by atoms with Crippen LogP contribution in [-0.2, 0) is 4.79 Å². The molecule has 3 nitrogen and oxygen atoms in total. The van der Waals surface area contributed by atoms with E-state index in [2.05, 4.69) is 26.1 Å². The lowest BCUT2D eigenvalue weighted by Gasteiger charge is -2.28. The first-order chi connectivity index (χ1) is 8.49. The van der Waals surface area contributed by atoms with Crippen LogP contribution in [0.3, 0.4) is 0 Å². The van der Waals surface area contributed by atoms with Crippen LogP contribution in [0.4, 0.5) is 0 Å². The predicted octanol–water partition coefficient (Wildman–Crippen LogP) is 2.84. The zero-order chi connectivity index (χ0) is 13.6. The SMILES string of the molecule is CCC(CCN)CCC(=O)NC1CCCC1(C)C. The van der Waals surface area contributed by atoms with Crippen molar-refractivity contribution in [2.75, 3.05) is 6.54 Å². The van der Waals surface area contributed by atoms with Crippen LogP contribution in [0.25, 0.3) is 0 Å². The monoisotopic (exact) mass is 254 g/mol. The molecule has 1 saturated carbocycles. The highest BCUT2D eigenvalue weighted by molar-refractivity contribution is 5.76. The molecule has 18 heavy (non-hydrogen) atoms. The number of carbonyl (C=O) groups excluding carboxylic acids is 1. The van der Waals surface area contributed by atoms with E-state index in [4.69, 9.17) is 5.73 Å². The molecular formula is C15H30N2O.